The molecule has 1 aromatic heterocycles. The van der Waals surface area contributed by atoms with Crippen molar-refractivity contribution in [1.29, 1.82) is 0 Å². The summed E-state index contributed by atoms with van der Waals surface area (Å²) in [4.78, 5) is 7.67. The zero-order valence-electron chi connectivity index (χ0n) is 7.07. The normalized spacial score (nSPS) is 12.8. The number of aromatic nitrogens is 2. The largest absolute Gasteiger partial charge is 0.395 e. The van der Waals surface area contributed by atoms with Gasteiger partial charge in [0.25, 0.3) is 0 Å². The first-order valence-corrected chi connectivity index (χ1v) is 4.94. The maximum absolute atomic E-state index is 8.82. The third-order valence-corrected chi connectivity index (χ3v) is 2.60. The number of anilines is 1. The fourth-order valence-electron chi connectivity index (χ4n) is 0.677. The molecule has 6 heteroatoms. The maximum Gasteiger partial charge on any atom is 0.223 e. The molecule has 13 heavy (non-hydrogen) atoms. The van der Waals surface area contributed by atoms with E-state index in [0.717, 1.165) is 0 Å². The molecular formula is C7H10ClN3OS. The second-order valence-corrected chi connectivity index (χ2v) is 4.28. The second-order valence-electron chi connectivity index (χ2n) is 2.51. The smallest absolute Gasteiger partial charge is 0.223 e. The molecule has 1 heterocycles. The van der Waals surface area contributed by atoms with Crippen molar-refractivity contribution in [1.82, 2.24) is 9.97 Å². The van der Waals surface area contributed by atoms with Gasteiger partial charge in [0.2, 0.25) is 5.28 Å². The summed E-state index contributed by atoms with van der Waals surface area (Å²) in [7, 11) is 0. The summed E-state index contributed by atoms with van der Waals surface area (Å²) in [6, 6.07) is 0. The van der Waals surface area contributed by atoms with Gasteiger partial charge in [0, 0.05) is 5.25 Å². The predicted octanol–water partition coefficient (Wildman–Crippen LogP) is 1.19. The predicted molar refractivity (Wildman–Crippen MR) is 53.9 cm³/mol. The fraction of sp³-hybridized carbons (Fsp3) is 0.429. The van der Waals surface area contributed by atoms with Gasteiger partial charge >= 0.3 is 0 Å². The highest BCUT2D eigenvalue weighted by Gasteiger charge is 2.08. The molecule has 3 N–H and O–H groups in total. The van der Waals surface area contributed by atoms with Crippen molar-refractivity contribution in [3.63, 3.8) is 0 Å². The van der Waals surface area contributed by atoms with E-state index < -0.39 is 0 Å². The standard InChI is InChI=1S/C7H10ClN3OS/c1-4(3-12)13-6-5(9)2-10-7(8)11-6/h2,4,12H,3,9H2,1H3. The maximum atomic E-state index is 8.82. The molecule has 0 radical (unpaired) electrons. The number of hydrogen-bond acceptors (Lipinski definition) is 5. The Bertz CT molecular complexity index is 297. The lowest BCUT2D eigenvalue weighted by Gasteiger charge is -2.08. The van der Waals surface area contributed by atoms with Crippen molar-refractivity contribution >= 4 is 29.1 Å². The highest BCUT2D eigenvalue weighted by molar-refractivity contribution is 8.00. The van der Waals surface area contributed by atoms with Crippen molar-refractivity contribution in [2.45, 2.75) is 17.2 Å². The van der Waals surface area contributed by atoms with Crippen molar-refractivity contribution in [3.8, 4) is 0 Å². The van der Waals surface area contributed by atoms with Crippen LogP contribution in [0.5, 0.6) is 0 Å². The second kappa shape index (κ2) is 4.64. The number of rotatable bonds is 3. The molecule has 0 saturated heterocycles. The van der Waals surface area contributed by atoms with E-state index in [2.05, 4.69) is 9.97 Å². The molecule has 0 spiro atoms. The van der Waals surface area contributed by atoms with Crippen molar-refractivity contribution in [2.24, 2.45) is 0 Å². The number of hydrogen-bond donors (Lipinski definition) is 2. The Morgan fingerprint density at radius 1 is 1.77 bits per heavy atom. The molecule has 0 aliphatic heterocycles. The lowest BCUT2D eigenvalue weighted by molar-refractivity contribution is 0.300. The average Bonchev–Trinajstić information content (AvgIpc) is 2.11. The van der Waals surface area contributed by atoms with Gasteiger partial charge in [0.1, 0.15) is 5.03 Å². The molecule has 72 valence electrons. The van der Waals surface area contributed by atoms with Crippen LogP contribution < -0.4 is 5.73 Å². The highest BCUT2D eigenvalue weighted by Crippen LogP contribution is 2.26. The van der Waals surface area contributed by atoms with Crippen LogP contribution in [-0.2, 0) is 0 Å². The van der Waals surface area contributed by atoms with E-state index in [9.17, 15) is 0 Å². The zero-order valence-corrected chi connectivity index (χ0v) is 8.64. The average molecular weight is 220 g/mol. The third kappa shape index (κ3) is 3.02. The number of nitrogens with zero attached hydrogens (tertiary/aromatic N) is 2. The molecule has 0 amide bonds. The van der Waals surface area contributed by atoms with Gasteiger partial charge in [-0.1, -0.05) is 18.7 Å². The zero-order chi connectivity index (χ0) is 9.84. The summed E-state index contributed by atoms with van der Waals surface area (Å²) < 4.78 is 0. The van der Waals surface area contributed by atoms with E-state index in [-0.39, 0.29) is 17.1 Å². The van der Waals surface area contributed by atoms with Crippen LogP contribution in [0.2, 0.25) is 5.28 Å². The Morgan fingerprint density at radius 3 is 3.08 bits per heavy atom. The fourth-order valence-corrected chi connectivity index (χ4v) is 1.64. The molecular weight excluding hydrogens is 210 g/mol. The van der Waals surface area contributed by atoms with Gasteiger partial charge in [-0.15, -0.1) is 0 Å². The van der Waals surface area contributed by atoms with E-state index in [4.69, 9.17) is 22.4 Å². The van der Waals surface area contributed by atoms with Crippen molar-refractivity contribution in [3.05, 3.63) is 11.5 Å². The molecule has 1 rings (SSSR count). The summed E-state index contributed by atoms with van der Waals surface area (Å²) in [5, 5.41) is 9.65. The van der Waals surface area contributed by atoms with E-state index in [0.29, 0.717) is 10.7 Å². The molecule has 0 aromatic carbocycles. The van der Waals surface area contributed by atoms with Crippen LogP contribution in [0.4, 0.5) is 5.69 Å². The molecule has 0 aliphatic rings. The van der Waals surface area contributed by atoms with Crippen LogP contribution in [0.3, 0.4) is 0 Å². The van der Waals surface area contributed by atoms with E-state index >= 15 is 0 Å². The van der Waals surface area contributed by atoms with Crippen LogP contribution in [0.25, 0.3) is 0 Å². The van der Waals surface area contributed by atoms with Gasteiger partial charge in [-0.05, 0) is 11.6 Å². The third-order valence-electron chi connectivity index (χ3n) is 1.32. The summed E-state index contributed by atoms with van der Waals surface area (Å²) in [6.45, 7) is 1.95. The minimum Gasteiger partial charge on any atom is -0.395 e. The molecule has 0 saturated carbocycles. The number of nitrogens with two attached hydrogens (primary N) is 1. The molecule has 1 atom stereocenters. The van der Waals surface area contributed by atoms with Gasteiger partial charge in [-0.3, -0.25) is 0 Å². The Hall–Kier alpha value is -0.520. The van der Waals surface area contributed by atoms with E-state index in [1.807, 2.05) is 6.92 Å². The van der Waals surface area contributed by atoms with Crippen LogP contribution in [0.15, 0.2) is 11.2 Å². The first-order valence-electron chi connectivity index (χ1n) is 3.69. The molecule has 1 unspecified atom stereocenters. The molecule has 0 fully saturated rings. The lowest BCUT2D eigenvalue weighted by Crippen LogP contribution is -2.04. The highest BCUT2D eigenvalue weighted by atomic mass is 35.5. The van der Waals surface area contributed by atoms with Crippen LogP contribution in [-0.4, -0.2) is 26.9 Å². The molecule has 1 aromatic rings. The Morgan fingerprint density at radius 2 is 2.46 bits per heavy atom. The summed E-state index contributed by atoms with van der Waals surface area (Å²) in [5.74, 6) is 0. The lowest BCUT2D eigenvalue weighted by atomic mass is 10.5. The summed E-state index contributed by atoms with van der Waals surface area (Å²) in [6.07, 6.45) is 1.46. The van der Waals surface area contributed by atoms with Crippen LogP contribution >= 0.6 is 23.4 Å². The first kappa shape index (κ1) is 10.6. The van der Waals surface area contributed by atoms with Crippen molar-refractivity contribution < 1.29 is 5.11 Å². The monoisotopic (exact) mass is 219 g/mol. The molecule has 0 aliphatic carbocycles. The van der Waals surface area contributed by atoms with E-state index in [1.54, 1.807) is 0 Å². The number of nitrogen functional groups attached to an aromatic ring is 1. The van der Waals surface area contributed by atoms with Gasteiger partial charge in [0.05, 0.1) is 18.5 Å². The Kier molecular flexibility index (Phi) is 3.77. The number of thioether (sulfide) groups is 1. The van der Waals surface area contributed by atoms with Crippen LogP contribution in [0, 0.1) is 0 Å². The SMILES string of the molecule is CC(CO)Sc1nc(Cl)ncc1N. The minimum absolute atomic E-state index is 0.0493. The summed E-state index contributed by atoms with van der Waals surface area (Å²) in [5.41, 5.74) is 6.09. The van der Waals surface area contributed by atoms with Gasteiger partial charge in [-0.2, -0.15) is 0 Å². The number of aliphatic hydroxyl groups excluding tert-OH is 1. The van der Waals surface area contributed by atoms with Gasteiger partial charge < -0.3 is 10.8 Å². The van der Waals surface area contributed by atoms with Crippen molar-refractivity contribution in [2.75, 3.05) is 12.3 Å². The molecule has 0 bridgehead atoms. The minimum atomic E-state index is 0.0493. The van der Waals surface area contributed by atoms with Gasteiger partial charge in [0.15, 0.2) is 0 Å². The quantitative estimate of drug-likeness (QED) is 0.454. The topological polar surface area (TPSA) is 72.0 Å². The van der Waals surface area contributed by atoms with E-state index in [1.165, 1.54) is 18.0 Å². The Labute approximate surface area is 85.5 Å². The number of aliphatic hydroxyl groups is 1. The number of halogens is 1. The first-order chi connectivity index (χ1) is 6.13. The van der Waals surface area contributed by atoms with Crippen LogP contribution in [0.1, 0.15) is 6.92 Å². The Balaban J connectivity index is 2.81. The summed E-state index contributed by atoms with van der Waals surface area (Å²) >= 11 is 6.96. The van der Waals surface area contributed by atoms with Gasteiger partial charge in [-0.25, -0.2) is 9.97 Å². The molecule has 4 nitrogen and oxygen atoms in total.